The first-order chi connectivity index (χ1) is 9.13. The number of aliphatic carboxylic acids is 1. The fraction of sp³-hybridized carbons (Fsp3) is 0.400. The Hall–Kier alpha value is -1.29. The zero-order chi connectivity index (χ0) is 13.7. The molecular weight excluding hydrogens is 308 g/mol. The molecule has 1 aromatic carbocycles. The van der Waals surface area contributed by atoms with Crippen molar-refractivity contribution in [2.24, 2.45) is 5.92 Å². The number of rotatable bonds is 4. The van der Waals surface area contributed by atoms with Crippen LogP contribution in [0, 0.1) is 5.92 Å². The minimum atomic E-state index is -0.868. The number of carboxylic acids is 1. The molecule has 0 spiro atoms. The van der Waals surface area contributed by atoms with Gasteiger partial charge in [0, 0.05) is 10.5 Å². The van der Waals surface area contributed by atoms with Crippen LogP contribution >= 0.6 is 15.9 Å². The summed E-state index contributed by atoms with van der Waals surface area (Å²) in [6.07, 6.45) is 7.22. The van der Waals surface area contributed by atoms with Gasteiger partial charge in [-0.15, -0.1) is 0 Å². The molecule has 1 N–H and O–H groups in total. The van der Waals surface area contributed by atoms with Gasteiger partial charge < -0.3 is 9.84 Å². The van der Waals surface area contributed by atoms with Gasteiger partial charge in [0.15, 0.2) is 0 Å². The molecule has 0 heterocycles. The zero-order valence-corrected chi connectivity index (χ0v) is 12.2. The Bertz CT molecular complexity index is 462. The lowest BCUT2D eigenvalue weighted by atomic mass is 9.87. The Morgan fingerprint density at radius 2 is 2.05 bits per heavy atom. The Morgan fingerprint density at radius 3 is 2.68 bits per heavy atom. The Morgan fingerprint density at radius 1 is 1.32 bits per heavy atom. The molecule has 19 heavy (non-hydrogen) atoms. The fourth-order valence-corrected chi connectivity index (χ4v) is 2.73. The third-order valence-corrected chi connectivity index (χ3v) is 3.82. The van der Waals surface area contributed by atoms with Gasteiger partial charge in [-0.1, -0.05) is 28.1 Å². The number of carbonyl (C=O) groups is 1. The first kappa shape index (κ1) is 14.1. The molecule has 2 rings (SSSR count). The number of halogens is 1. The molecule has 1 fully saturated rings. The van der Waals surface area contributed by atoms with Gasteiger partial charge >= 0.3 is 5.97 Å². The molecule has 0 radical (unpaired) electrons. The molecule has 0 aromatic heterocycles. The average molecular weight is 325 g/mol. The van der Waals surface area contributed by atoms with Crippen LogP contribution in [0.15, 0.2) is 40.9 Å². The van der Waals surface area contributed by atoms with Crippen molar-refractivity contribution < 1.29 is 14.6 Å². The van der Waals surface area contributed by atoms with Crippen molar-refractivity contribution in [3.8, 4) is 5.75 Å². The van der Waals surface area contributed by atoms with Crippen LogP contribution in [-0.4, -0.2) is 17.2 Å². The molecule has 1 aliphatic rings. The van der Waals surface area contributed by atoms with E-state index in [1.807, 2.05) is 24.3 Å². The largest absolute Gasteiger partial charge is 0.490 e. The smallest absolute Gasteiger partial charge is 0.327 e. The highest BCUT2D eigenvalue weighted by atomic mass is 79.9. The van der Waals surface area contributed by atoms with Crippen molar-refractivity contribution in [1.29, 1.82) is 0 Å². The average Bonchev–Trinajstić information content (AvgIpc) is 2.38. The zero-order valence-electron chi connectivity index (χ0n) is 10.6. The predicted molar refractivity (Wildman–Crippen MR) is 77.3 cm³/mol. The van der Waals surface area contributed by atoms with Crippen LogP contribution in [0.1, 0.15) is 25.7 Å². The van der Waals surface area contributed by atoms with E-state index in [-0.39, 0.29) is 6.10 Å². The molecular formula is C15H17BrO3. The van der Waals surface area contributed by atoms with Crippen molar-refractivity contribution in [2.75, 3.05) is 0 Å². The molecule has 0 amide bonds. The molecule has 1 saturated carbocycles. The van der Waals surface area contributed by atoms with Crippen molar-refractivity contribution in [1.82, 2.24) is 0 Å². The van der Waals surface area contributed by atoms with Crippen LogP contribution in [0.4, 0.5) is 0 Å². The molecule has 3 nitrogen and oxygen atoms in total. The third kappa shape index (κ3) is 4.71. The SMILES string of the molecule is O=C(O)/C=C/[C@H]1CC[C@H](Oc2cccc(Br)c2)CC1. The Labute approximate surface area is 121 Å². The normalized spacial score (nSPS) is 23.4. The molecule has 0 aliphatic heterocycles. The van der Waals surface area contributed by atoms with E-state index < -0.39 is 5.97 Å². The number of carboxylic acid groups (broad SMARTS) is 1. The molecule has 1 aliphatic carbocycles. The van der Waals surface area contributed by atoms with Crippen molar-refractivity contribution in [3.05, 3.63) is 40.9 Å². The molecule has 0 bridgehead atoms. The van der Waals surface area contributed by atoms with Gasteiger partial charge in [-0.3, -0.25) is 0 Å². The van der Waals surface area contributed by atoms with Crippen molar-refractivity contribution in [3.63, 3.8) is 0 Å². The van der Waals surface area contributed by atoms with Crippen LogP contribution in [-0.2, 0) is 4.79 Å². The summed E-state index contributed by atoms with van der Waals surface area (Å²) in [5.74, 6) is 0.393. The standard InChI is InChI=1S/C15H17BrO3/c16-12-2-1-3-14(10-12)19-13-7-4-11(5-8-13)6-9-15(17)18/h1-3,6,9-11,13H,4-5,7-8H2,(H,17,18)/b9-6+/t11-,13-. The minimum absolute atomic E-state index is 0.240. The van der Waals surface area contributed by atoms with E-state index in [9.17, 15) is 4.79 Å². The Balaban J connectivity index is 1.82. The number of hydrogen-bond acceptors (Lipinski definition) is 2. The lowest BCUT2D eigenvalue weighted by Crippen LogP contribution is -2.23. The first-order valence-corrected chi connectivity index (χ1v) is 7.26. The third-order valence-electron chi connectivity index (χ3n) is 3.33. The molecule has 0 saturated heterocycles. The Kier molecular flexibility index (Phi) is 5.02. The highest BCUT2D eigenvalue weighted by Gasteiger charge is 2.20. The maximum absolute atomic E-state index is 10.5. The second kappa shape index (κ2) is 6.75. The fourth-order valence-electron chi connectivity index (χ4n) is 2.35. The minimum Gasteiger partial charge on any atom is -0.490 e. The summed E-state index contributed by atoms with van der Waals surface area (Å²) in [6, 6.07) is 7.86. The van der Waals surface area contributed by atoms with Gasteiger partial charge in [-0.2, -0.15) is 0 Å². The van der Waals surface area contributed by atoms with Crippen LogP contribution in [0.3, 0.4) is 0 Å². The van der Waals surface area contributed by atoms with Crippen LogP contribution in [0.2, 0.25) is 0 Å². The topological polar surface area (TPSA) is 46.5 Å². The van der Waals surface area contributed by atoms with E-state index in [0.29, 0.717) is 5.92 Å². The summed E-state index contributed by atoms with van der Waals surface area (Å²) in [7, 11) is 0. The second-order valence-corrected chi connectivity index (χ2v) is 5.73. The van der Waals surface area contributed by atoms with Crippen LogP contribution < -0.4 is 4.74 Å². The monoisotopic (exact) mass is 324 g/mol. The van der Waals surface area contributed by atoms with E-state index in [0.717, 1.165) is 35.9 Å². The number of hydrogen-bond donors (Lipinski definition) is 1. The van der Waals surface area contributed by atoms with Gasteiger partial charge in [-0.05, 0) is 49.8 Å². The van der Waals surface area contributed by atoms with Gasteiger partial charge in [0.05, 0.1) is 6.10 Å². The highest BCUT2D eigenvalue weighted by molar-refractivity contribution is 9.10. The van der Waals surface area contributed by atoms with Crippen LogP contribution in [0.5, 0.6) is 5.75 Å². The van der Waals surface area contributed by atoms with Crippen LogP contribution in [0.25, 0.3) is 0 Å². The predicted octanol–water partition coefficient (Wildman–Crippen LogP) is 4.03. The second-order valence-electron chi connectivity index (χ2n) is 4.81. The van der Waals surface area contributed by atoms with Crippen molar-refractivity contribution >= 4 is 21.9 Å². The summed E-state index contributed by atoms with van der Waals surface area (Å²) in [6.45, 7) is 0. The van der Waals surface area contributed by atoms with E-state index in [1.165, 1.54) is 6.08 Å². The highest BCUT2D eigenvalue weighted by Crippen LogP contribution is 2.29. The van der Waals surface area contributed by atoms with Crippen molar-refractivity contribution in [2.45, 2.75) is 31.8 Å². The lowest BCUT2D eigenvalue weighted by molar-refractivity contribution is -0.131. The molecule has 0 unspecified atom stereocenters. The number of benzene rings is 1. The molecule has 1 aromatic rings. The lowest BCUT2D eigenvalue weighted by Gasteiger charge is -2.27. The summed E-state index contributed by atoms with van der Waals surface area (Å²) in [5, 5.41) is 8.60. The van der Waals surface area contributed by atoms with E-state index in [2.05, 4.69) is 15.9 Å². The van der Waals surface area contributed by atoms with Gasteiger partial charge in [0.1, 0.15) is 5.75 Å². The number of allylic oxidation sites excluding steroid dienone is 1. The summed E-state index contributed by atoms with van der Waals surface area (Å²) >= 11 is 3.43. The van der Waals surface area contributed by atoms with Gasteiger partial charge in [0.2, 0.25) is 0 Å². The molecule has 0 atom stereocenters. The number of ether oxygens (including phenoxy) is 1. The van der Waals surface area contributed by atoms with E-state index >= 15 is 0 Å². The maximum atomic E-state index is 10.5. The summed E-state index contributed by atoms with van der Waals surface area (Å²) < 4.78 is 6.96. The van der Waals surface area contributed by atoms with Gasteiger partial charge in [0.25, 0.3) is 0 Å². The molecule has 102 valence electrons. The summed E-state index contributed by atoms with van der Waals surface area (Å²) in [5.41, 5.74) is 0. The van der Waals surface area contributed by atoms with Gasteiger partial charge in [-0.25, -0.2) is 4.79 Å². The molecule has 4 heteroatoms. The van der Waals surface area contributed by atoms with E-state index in [1.54, 1.807) is 6.08 Å². The summed E-state index contributed by atoms with van der Waals surface area (Å²) in [4.78, 5) is 10.5. The maximum Gasteiger partial charge on any atom is 0.327 e. The van der Waals surface area contributed by atoms with E-state index in [4.69, 9.17) is 9.84 Å². The quantitative estimate of drug-likeness (QED) is 0.850. The first-order valence-electron chi connectivity index (χ1n) is 6.47.